The van der Waals surface area contributed by atoms with Crippen LogP contribution in [-0.2, 0) is 10.0 Å². The summed E-state index contributed by atoms with van der Waals surface area (Å²) in [6, 6.07) is 9.49. The summed E-state index contributed by atoms with van der Waals surface area (Å²) in [5, 5.41) is 0. The summed E-state index contributed by atoms with van der Waals surface area (Å²) >= 11 is 3.29. The van der Waals surface area contributed by atoms with E-state index < -0.39 is 16.1 Å². The van der Waals surface area contributed by atoms with Crippen molar-refractivity contribution in [2.45, 2.75) is 17.9 Å². The van der Waals surface area contributed by atoms with E-state index >= 15 is 0 Å². The monoisotopic (exact) mass is 429 g/mol. The molecule has 136 valence electrons. The number of ether oxygens (including phenoxy) is 3. The molecule has 6 nitrogen and oxygen atoms in total. The second-order valence-corrected chi connectivity index (χ2v) is 7.84. The van der Waals surface area contributed by atoms with Crippen molar-refractivity contribution in [3.8, 4) is 17.2 Å². The number of hydrogen-bond donors (Lipinski definition) is 1. The van der Waals surface area contributed by atoms with Gasteiger partial charge in [0.15, 0.2) is 0 Å². The predicted molar refractivity (Wildman–Crippen MR) is 99.0 cm³/mol. The number of hydrogen-bond acceptors (Lipinski definition) is 5. The maximum atomic E-state index is 12.8. The molecule has 0 aliphatic heterocycles. The van der Waals surface area contributed by atoms with E-state index in [0.717, 1.165) is 0 Å². The molecule has 1 atom stereocenters. The van der Waals surface area contributed by atoms with Crippen LogP contribution in [0.1, 0.15) is 18.5 Å². The van der Waals surface area contributed by atoms with E-state index in [1.54, 1.807) is 44.4 Å². The van der Waals surface area contributed by atoms with Crippen LogP contribution in [0.4, 0.5) is 0 Å². The number of nitrogens with one attached hydrogen (secondary N) is 1. The Balaban J connectivity index is 2.40. The highest BCUT2D eigenvalue weighted by Gasteiger charge is 2.24. The lowest BCUT2D eigenvalue weighted by Gasteiger charge is -2.19. The summed E-state index contributed by atoms with van der Waals surface area (Å²) in [6.07, 6.45) is 0. The minimum atomic E-state index is -3.82. The second kappa shape index (κ2) is 8.07. The molecule has 0 bridgehead atoms. The van der Waals surface area contributed by atoms with Crippen LogP contribution in [0.5, 0.6) is 17.2 Å². The molecule has 0 aromatic heterocycles. The molecule has 0 amide bonds. The van der Waals surface area contributed by atoms with E-state index in [-0.39, 0.29) is 10.6 Å². The van der Waals surface area contributed by atoms with Crippen molar-refractivity contribution >= 4 is 26.0 Å². The third kappa shape index (κ3) is 4.45. The van der Waals surface area contributed by atoms with Crippen LogP contribution in [0.3, 0.4) is 0 Å². The van der Waals surface area contributed by atoms with E-state index in [0.29, 0.717) is 21.5 Å². The zero-order valence-electron chi connectivity index (χ0n) is 14.4. The molecule has 0 spiro atoms. The normalized spacial score (nSPS) is 12.5. The SMILES string of the molecule is COc1ccc(OC)c([C@H](C)NS(=O)(=O)c2cc(Br)ccc2OC)c1. The summed E-state index contributed by atoms with van der Waals surface area (Å²) in [7, 11) is 0.689. The average molecular weight is 430 g/mol. The molecule has 2 rings (SSSR count). The largest absolute Gasteiger partial charge is 0.497 e. The van der Waals surface area contributed by atoms with Crippen LogP contribution in [0.25, 0.3) is 0 Å². The lowest BCUT2D eigenvalue weighted by Crippen LogP contribution is -2.27. The summed E-state index contributed by atoms with van der Waals surface area (Å²) in [5.74, 6) is 1.44. The van der Waals surface area contributed by atoms with Crippen LogP contribution in [-0.4, -0.2) is 29.7 Å². The Labute approximate surface area is 156 Å². The number of sulfonamides is 1. The number of halogens is 1. The quantitative estimate of drug-likeness (QED) is 0.728. The van der Waals surface area contributed by atoms with E-state index in [1.165, 1.54) is 20.3 Å². The van der Waals surface area contributed by atoms with Crippen molar-refractivity contribution in [1.82, 2.24) is 4.72 Å². The first kappa shape index (κ1) is 19.6. The zero-order chi connectivity index (χ0) is 18.6. The van der Waals surface area contributed by atoms with Gasteiger partial charge >= 0.3 is 0 Å². The summed E-state index contributed by atoms with van der Waals surface area (Å²) in [6.45, 7) is 1.74. The van der Waals surface area contributed by atoms with Gasteiger partial charge in [-0.15, -0.1) is 0 Å². The van der Waals surface area contributed by atoms with Gasteiger partial charge in [0.25, 0.3) is 0 Å². The van der Waals surface area contributed by atoms with Crippen molar-refractivity contribution in [2.75, 3.05) is 21.3 Å². The molecule has 2 aromatic carbocycles. The van der Waals surface area contributed by atoms with E-state index in [2.05, 4.69) is 20.7 Å². The van der Waals surface area contributed by atoms with Gasteiger partial charge in [-0.3, -0.25) is 0 Å². The molecule has 0 radical (unpaired) electrons. The van der Waals surface area contributed by atoms with Gasteiger partial charge in [0.1, 0.15) is 22.1 Å². The van der Waals surface area contributed by atoms with Crippen molar-refractivity contribution in [3.05, 3.63) is 46.4 Å². The van der Waals surface area contributed by atoms with Crippen LogP contribution in [0.15, 0.2) is 45.8 Å². The fourth-order valence-corrected chi connectivity index (χ4v) is 4.33. The van der Waals surface area contributed by atoms with E-state index in [1.807, 2.05) is 0 Å². The third-order valence-corrected chi connectivity index (χ3v) is 5.71. The van der Waals surface area contributed by atoms with Gasteiger partial charge < -0.3 is 14.2 Å². The summed E-state index contributed by atoms with van der Waals surface area (Å²) < 4.78 is 44.6. The van der Waals surface area contributed by atoms with Gasteiger partial charge in [-0.2, -0.15) is 0 Å². The first-order valence-electron chi connectivity index (χ1n) is 7.40. The van der Waals surface area contributed by atoms with Crippen molar-refractivity contribution < 1.29 is 22.6 Å². The molecule has 0 unspecified atom stereocenters. The molecule has 0 heterocycles. The highest BCUT2D eigenvalue weighted by Crippen LogP contribution is 2.32. The van der Waals surface area contributed by atoms with Gasteiger partial charge in [-0.05, 0) is 43.3 Å². The Bertz CT molecular complexity index is 854. The second-order valence-electron chi connectivity index (χ2n) is 5.25. The first-order valence-corrected chi connectivity index (χ1v) is 9.67. The maximum Gasteiger partial charge on any atom is 0.244 e. The molecule has 0 fully saturated rings. The Kier molecular flexibility index (Phi) is 6.31. The molecule has 0 aliphatic carbocycles. The summed E-state index contributed by atoms with van der Waals surface area (Å²) in [5.41, 5.74) is 0.666. The molecule has 8 heteroatoms. The fourth-order valence-electron chi connectivity index (χ4n) is 2.40. The molecular weight excluding hydrogens is 410 g/mol. The predicted octanol–water partition coefficient (Wildman–Crippen LogP) is 3.51. The molecule has 0 saturated heterocycles. The molecule has 0 saturated carbocycles. The fraction of sp³-hybridized carbons (Fsp3) is 0.294. The van der Waals surface area contributed by atoms with Crippen molar-refractivity contribution in [3.63, 3.8) is 0 Å². The van der Waals surface area contributed by atoms with Gasteiger partial charge in [0.2, 0.25) is 10.0 Å². The Morgan fingerprint density at radius 3 is 2.20 bits per heavy atom. The number of rotatable bonds is 7. The molecule has 2 aromatic rings. The highest BCUT2D eigenvalue weighted by molar-refractivity contribution is 9.10. The van der Waals surface area contributed by atoms with Crippen LogP contribution < -0.4 is 18.9 Å². The molecule has 0 aliphatic rings. The number of methoxy groups -OCH3 is 3. The first-order chi connectivity index (χ1) is 11.8. The lowest BCUT2D eigenvalue weighted by atomic mass is 10.1. The zero-order valence-corrected chi connectivity index (χ0v) is 16.8. The smallest absolute Gasteiger partial charge is 0.244 e. The van der Waals surface area contributed by atoms with Gasteiger partial charge in [-0.25, -0.2) is 13.1 Å². The van der Waals surface area contributed by atoms with Gasteiger partial charge in [-0.1, -0.05) is 15.9 Å². The topological polar surface area (TPSA) is 73.9 Å². The van der Waals surface area contributed by atoms with Crippen LogP contribution in [0, 0.1) is 0 Å². The van der Waals surface area contributed by atoms with E-state index in [4.69, 9.17) is 14.2 Å². The van der Waals surface area contributed by atoms with E-state index in [9.17, 15) is 8.42 Å². The van der Waals surface area contributed by atoms with Gasteiger partial charge in [0, 0.05) is 16.1 Å². The maximum absolute atomic E-state index is 12.8. The summed E-state index contributed by atoms with van der Waals surface area (Å²) in [4.78, 5) is 0.0538. The lowest BCUT2D eigenvalue weighted by molar-refractivity contribution is 0.394. The van der Waals surface area contributed by atoms with Crippen LogP contribution in [0.2, 0.25) is 0 Å². The van der Waals surface area contributed by atoms with Gasteiger partial charge in [0.05, 0.1) is 21.3 Å². The minimum absolute atomic E-state index is 0.0538. The molecular formula is C17H20BrNO5S. The minimum Gasteiger partial charge on any atom is -0.497 e. The molecule has 1 N–H and O–H groups in total. The van der Waals surface area contributed by atoms with Crippen molar-refractivity contribution in [2.24, 2.45) is 0 Å². The highest BCUT2D eigenvalue weighted by atomic mass is 79.9. The Morgan fingerprint density at radius 2 is 1.60 bits per heavy atom. The molecule has 25 heavy (non-hydrogen) atoms. The third-order valence-electron chi connectivity index (χ3n) is 3.65. The standard InChI is InChI=1S/C17H20BrNO5S/c1-11(14-10-13(22-2)6-8-15(14)23-3)19-25(20,21)17-9-12(18)5-7-16(17)24-4/h5-11,19H,1-4H3/t11-/m0/s1. The van der Waals surface area contributed by atoms with Crippen LogP contribution >= 0.6 is 15.9 Å². The Hall–Kier alpha value is -1.77. The Morgan fingerprint density at radius 1 is 0.960 bits per heavy atom. The van der Waals surface area contributed by atoms with Crippen molar-refractivity contribution in [1.29, 1.82) is 0 Å². The number of benzene rings is 2. The average Bonchev–Trinajstić information content (AvgIpc) is 2.60.